The molecule has 8 nitrogen and oxygen atoms in total. The molecule has 0 atom stereocenters. The second-order valence-corrected chi connectivity index (χ2v) is 6.10. The maximum atomic E-state index is 12.6. The number of carbonyl (C=O) groups excluding carboxylic acids is 2. The number of hydrogen-bond acceptors (Lipinski definition) is 6. The van der Waals surface area contributed by atoms with E-state index in [9.17, 15) is 9.59 Å². The van der Waals surface area contributed by atoms with Crippen molar-refractivity contribution in [3.8, 4) is 22.6 Å². The minimum Gasteiger partial charge on any atom is -0.461 e. The Labute approximate surface area is 160 Å². The summed E-state index contributed by atoms with van der Waals surface area (Å²) in [6.45, 7) is 2.10. The largest absolute Gasteiger partial charge is 0.461 e. The first kappa shape index (κ1) is 17.7. The highest BCUT2D eigenvalue weighted by atomic mass is 16.7. The lowest BCUT2D eigenvalue weighted by Gasteiger charge is -2.10. The molecule has 2 aromatic heterocycles. The van der Waals surface area contributed by atoms with Crippen LogP contribution >= 0.6 is 0 Å². The quantitative estimate of drug-likeness (QED) is 0.680. The number of nitrogens with one attached hydrogen (secondary N) is 1. The van der Waals surface area contributed by atoms with Gasteiger partial charge in [0.1, 0.15) is 0 Å². The summed E-state index contributed by atoms with van der Waals surface area (Å²) in [6.07, 6.45) is 3.16. The highest BCUT2D eigenvalue weighted by molar-refractivity contribution is 6.09. The molecule has 0 spiro atoms. The van der Waals surface area contributed by atoms with Crippen molar-refractivity contribution in [3.05, 3.63) is 54.2 Å². The number of anilines is 1. The molecule has 1 aliphatic heterocycles. The number of esters is 1. The Kier molecular flexibility index (Phi) is 4.52. The third-order valence-electron chi connectivity index (χ3n) is 4.32. The lowest BCUT2D eigenvalue weighted by atomic mass is 10.1. The van der Waals surface area contributed by atoms with Crippen molar-refractivity contribution in [2.75, 3.05) is 18.7 Å². The molecule has 0 bridgehead atoms. The Balaban J connectivity index is 1.80. The summed E-state index contributed by atoms with van der Waals surface area (Å²) in [5.41, 5.74) is 1.96. The van der Waals surface area contributed by atoms with E-state index in [0.717, 1.165) is 5.56 Å². The Morgan fingerprint density at radius 1 is 1.21 bits per heavy atom. The number of aryl methyl sites for hydroxylation is 1. The van der Waals surface area contributed by atoms with Crippen LogP contribution in [0.2, 0.25) is 0 Å². The molecule has 0 fully saturated rings. The number of amides is 1. The summed E-state index contributed by atoms with van der Waals surface area (Å²) in [5, 5.41) is 2.78. The molecule has 28 heavy (non-hydrogen) atoms. The molecule has 1 aromatic carbocycles. The molecule has 1 N–H and O–H groups in total. The molecule has 8 heteroatoms. The van der Waals surface area contributed by atoms with Gasteiger partial charge in [-0.2, -0.15) is 0 Å². The number of furan rings is 1. The van der Waals surface area contributed by atoms with E-state index < -0.39 is 11.9 Å². The monoisotopic (exact) mass is 382 g/mol. The van der Waals surface area contributed by atoms with Crippen molar-refractivity contribution in [2.45, 2.75) is 6.92 Å². The normalized spacial score (nSPS) is 12.1. The molecule has 3 heterocycles. The molecule has 0 unspecified atom stereocenters. The van der Waals surface area contributed by atoms with E-state index in [0.29, 0.717) is 22.7 Å². The molecule has 0 saturated carbocycles. The number of aromatic nitrogens is 1. The van der Waals surface area contributed by atoms with Gasteiger partial charge < -0.3 is 28.5 Å². The zero-order valence-electron chi connectivity index (χ0n) is 15.4. The second-order valence-electron chi connectivity index (χ2n) is 6.10. The van der Waals surface area contributed by atoms with Crippen LogP contribution in [-0.4, -0.2) is 29.8 Å². The maximum Gasteiger partial charge on any atom is 0.357 e. The van der Waals surface area contributed by atoms with Crippen LogP contribution in [0.25, 0.3) is 11.1 Å². The lowest BCUT2D eigenvalue weighted by Crippen LogP contribution is -2.17. The van der Waals surface area contributed by atoms with Crippen LogP contribution in [0.3, 0.4) is 0 Å². The fourth-order valence-corrected chi connectivity index (χ4v) is 3.06. The molecule has 144 valence electrons. The molecule has 0 radical (unpaired) electrons. The molecule has 4 rings (SSSR count). The van der Waals surface area contributed by atoms with E-state index in [1.54, 1.807) is 49.0 Å². The first-order valence-electron chi connectivity index (χ1n) is 8.69. The number of carbonyl (C=O) groups is 2. The predicted octanol–water partition coefficient (Wildman–Crippen LogP) is 3.44. The predicted molar refractivity (Wildman–Crippen MR) is 99.6 cm³/mol. The van der Waals surface area contributed by atoms with Crippen molar-refractivity contribution in [2.24, 2.45) is 7.05 Å². The van der Waals surface area contributed by atoms with E-state index in [4.69, 9.17) is 18.6 Å². The van der Waals surface area contributed by atoms with Gasteiger partial charge in [-0.1, -0.05) is 6.07 Å². The van der Waals surface area contributed by atoms with Gasteiger partial charge in [0.15, 0.2) is 23.0 Å². The fraction of sp³-hybridized carbons (Fsp3) is 0.200. The lowest BCUT2D eigenvalue weighted by molar-refractivity contribution is 0.0516. The van der Waals surface area contributed by atoms with Gasteiger partial charge in [0.25, 0.3) is 5.91 Å². The number of nitrogens with zero attached hydrogens (tertiary/aromatic N) is 1. The van der Waals surface area contributed by atoms with Crippen LogP contribution in [0.4, 0.5) is 5.69 Å². The molecule has 0 aliphatic carbocycles. The third kappa shape index (κ3) is 3.09. The van der Waals surface area contributed by atoms with Crippen molar-refractivity contribution in [3.63, 3.8) is 0 Å². The van der Waals surface area contributed by atoms with Crippen LogP contribution in [0.15, 0.2) is 47.2 Å². The third-order valence-corrected chi connectivity index (χ3v) is 4.32. The standard InChI is InChI=1S/C20H18N2O6/c1-3-25-20(24)18-17(21-19(23)15-5-4-8-26-15)13(10-22(18)2)12-6-7-14-16(9-12)28-11-27-14/h4-10H,3,11H2,1-2H3,(H,21,23). The summed E-state index contributed by atoms with van der Waals surface area (Å²) < 4.78 is 22.7. The topological polar surface area (TPSA) is 91.9 Å². The zero-order valence-corrected chi connectivity index (χ0v) is 15.4. The van der Waals surface area contributed by atoms with E-state index >= 15 is 0 Å². The number of benzene rings is 1. The van der Waals surface area contributed by atoms with Gasteiger partial charge in [-0.05, 0) is 36.8 Å². The number of hydrogen-bond donors (Lipinski definition) is 1. The van der Waals surface area contributed by atoms with Gasteiger partial charge >= 0.3 is 5.97 Å². The Bertz CT molecular complexity index is 1040. The Morgan fingerprint density at radius 3 is 2.79 bits per heavy atom. The second kappa shape index (κ2) is 7.15. The molecular weight excluding hydrogens is 364 g/mol. The van der Waals surface area contributed by atoms with E-state index in [1.807, 2.05) is 6.07 Å². The minimum absolute atomic E-state index is 0.135. The minimum atomic E-state index is -0.535. The summed E-state index contributed by atoms with van der Waals surface area (Å²) in [7, 11) is 1.71. The average molecular weight is 382 g/mol. The van der Waals surface area contributed by atoms with Gasteiger partial charge in [0, 0.05) is 18.8 Å². The SMILES string of the molecule is CCOC(=O)c1c(NC(=O)c2ccco2)c(-c2ccc3c(c2)OCO3)cn1C. The summed E-state index contributed by atoms with van der Waals surface area (Å²) in [5.74, 6) is 0.375. The highest BCUT2D eigenvalue weighted by Crippen LogP contribution is 2.40. The van der Waals surface area contributed by atoms with Gasteiger partial charge in [-0.3, -0.25) is 4.79 Å². The number of rotatable bonds is 5. The molecule has 0 saturated heterocycles. The highest BCUT2D eigenvalue weighted by Gasteiger charge is 2.26. The van der Waals surface area contributed by atoms with Crippen LogP contribution in [-0.2, 0) is 11.8 Å². The van der Waals surface area contributed by atoms with Crippen LogP contribution in [0.5, 0.6) is 11.5 Å². The first-order chi connectivity index (χ1) is 13.6. The summed E-state index contributed by atoms with van der Waals surface area (Å²) >= 11 is 0. The fourth-order valence-electron chi connectivity index (χ4n) is 3.06. The number of fused-ring (bicyclic) bond motifs is 1. The van der Waals surface area contributed by atoms with Crippen LogP contribution in [0.1, 0.15) is 28.0 Å². The maximum absolute atomic E-state index is 12.6. The van der Waals surface area contributed by atoms with Crippen molar-refractivity contribution in [1.82, 2.24) is 4.57 Å². The van der Waals surface area contributed by atoms with Gasteiger partial charge in [-0.15, -0.1) is 0 Å². The van der Waals surface area contributed by atoms with Crippen LogP contribution in [0, 0.1) is 0 Å². The smallest absolute Gasteiger partial charge is 0.357 e. The van der Waals surface area contributed by atoms with Crippen molar-refractivity contribution in [1.29, 1.82) is 0 Å². The first-order valence-corrected chi connectivity index (χ1v) is 8.69. The molecular formula is C20H18N2O6. The Morgan fingerprint density at radius 2 is 2.04 bits per heavy atom. The molecule has 3 aromatic rings. The van der Waals surface area contributed by atoms with Gasteiger partial charge in [-0.25, -0.2) is 4.79 Å². The number of ether oxygens (including phenoxy) is 3. The summed E-state index contributed by atoms with van der Waals surface area (Å²) in [6, 6.07) is 8.58. The van der Waals surface area contributed by atoms with Gasteiger partial charge in [0.2, 0.25) is 6.79 Å². The average Bonchev–Trinajstić information content (AvgIpc) is 3.41. The summed E-state index contributed by atoms with van der Waals surface area (Å²) in [4.78, 5) is 25.1. The van der Waals surface area contributed by atoms with Crippen LogP contribution < -0.4 is 14.8 Å². The van der Waals surface area contributed by atoms with E-state index in [-0.39, 0.29) is 24.9 Å². The van der Waals surface area contributed by atoms with Gasteiger partial charge in [0.05, 0.1) is 18.6 Å². The molecule has 1 amide bonds. The Hall–Kier alpha value is -3.68. The van der Waals surface area contributed by atoms with Crippen molar-refractivity contribution < 1.29 is 28.2 Å². The zero-order chi connectivity index (χ0) is 19.7. The van der Waals surface area contributed by atoms with E-state index in [1.165, 1.54) is 6.26 Å². The molecule has 1 aliphatic rings. The van der Waals surface area contributed by atoms with E-state index in [2.05, 4.69) is 5.32 Å². The van der Waals surface area contributed by atoms with Crippen molar-refractivity contribution >= 4 is 17.6 Å².